The van der Waals surface area contributed by atoms with Crippen LogP contribution in [0.25, 0.3) is 0 Å². The summed E-state index contributed by atoms with van der Waals surface area (Å²) in [5, 5.41) is 0. The molecule has 36 heavy (non-hydrogen) atoms. The van der Waals surface area contributed by atoms with Crippen molar-refractivity contribution in [3.63, 3.8) is 0 Å². The molecule has 0 bridgehead atoms. The van der Waals surface area contributed by atoms with Crippen molar-refractivity contribution in [2.24, 2.45) is 0 Å². The molecule has 0 amide bonds. The minimum absolute atomic E-state index is 0.0728. The third kappa shape index (κ3) is 4.62. The second kappa shape index (κ2) is 9.00. The second-order valence-corrected chi connectivity index (χ2v) is 10.9. The van der Waals surface area contributed by atoms with E-state index in [-0.39, 0.29) is 12.5 Å². The van der Waals surface area contributed by atoms with Gasteiger partial charge in [0.2, 0.25) is 0 Å². The van der Waals surface area contributed by atoms with Crippen molar-refractivity contribution >= 4 is 21.4 Å². The summed E-state index contributed by atoms with van der Waals surface area (Å²) in [5.41, 5.74) is 2.99. The number of alkyl halides is 3. The summed E-state index contributed by atoms with van der Waals surface area (Å²) in [5.74, 6) is -0.00409. The van der Waals surface area contributed by atoms with Gasteiger partial charge in [-0.05, 0) is 53.6 Å². The predicted molar refractivity (Wildman–Crippen MR) is 126 cm³/mol. The average Bonchev–Trinajstić information content (AvgIpc) is 3.68. The molecule has 1 unspecified atom stereocenters. The van der Waals surface area contributed by atoms with E-state index in [0.29, 0.717) is 32.6 Å². The van der Waals surface area contributed by atoms with Gasteiger partial charge in [-0.15, -0.1) is 0 Å². The van der Waals surface area contributed by atoms with Crippen molar-refractivity contribution < 1.29 is 26.0 Å². The number of nitrogens with zero attached hydrogens (tertiary/aromatic N) is 4. The van der Waals surface area contributed by atoms with Gasteiger partial charge in [-0.1, -0.05) is 24.3 Å². The molecular weight excluding hydrogens is 498 g/mol. The first kappa shape index (κ1) is 24.4. The Morgan fingerprint density at radius 1 is 1.03 bits per heavy atom. The smallest absolute Gasteiger partial charge is 0.396 e. The SMILES string of the molecule is Nc1cnc(CN2c3cccc(C4CC4)c3CN(S(=O)(=O)C(F)(F)F)CC2c2ccc(F)cc2)nc1. The van der Waals surface area contributed by atoms with E-state index >= 15 is 0 Å². The van der Waals surface area contributed by atoms with Gasteiger partial charge in [0.25, 0.3) is 0 Å². The van der Waals surface area contributed by atoms with E-state index in [1.54, 1.807) is 11.0 Å². The van der Waals surface area contributed by atoms with Crippen LogP contribution in [-0.2, 0) is 23.1 Å². The largest absolute Gasteiger partial charge is 0.511 e. The number of benzene rings is 2. The zero-order valence-corrected chi connectivity index (χ0v) is 19.8. The molecule has 5 rings (SSSR count). The van der Waals surface area contributed by atoms with Gasteiger partial charge in [0, 0.05) is 18.8 Å². The molecule has 1 aliphatic heterocycles. The fourth-order valence-electron chi connectivity index (χ4n) is 4.60. The number of sulfonamides is 1. The summed E-state index contributed by atoms with van der Waals surface area (Å²) in [4.78, 5) is 10.3. The van der Waals surface area contributed by atoms with Crippen LogP contribution in [-0.4, -0.2) is 34.7 Å². The lowest BCUT2D eigenvalue weighted by molar-refractivity contribution is -0.0492. The zero-order chi connectivity index (χ0) is 25.7. The third-order valence-electron chi connectivity index (χ3n) is 6.53. The fraction of sp³-hybridized carbons (Fsp3) is 0.333. The van der Waals surface area contributed by atoms with Crippen molar-refractivity contribution in [1.29, 1.82) is 0 Å². The molecule has 0 saturated heterocycles. The number of halogens is 4. The summed E-state index contributed by atoms with van der Waals surface area (Å²) in [7, 11) is -5.65. The number of aromatic nitrogens is 2. The number of fused-ring (bicyclic) bond motifs is 1. The van der Waals surface area contributed by atoms with Gasteiger partial charge in [-0.3, -0.25) is 0 Å². The lowest BCUT2D eigenvalue weighted by Crippen LogP contribution is -2.43. The Bertz CT molecular complexity index is 1360. The molecule has 0 radical (unpaired) electrons. The number of anilines is 2. The van der Waals surface area contributed by atoms with Crippen LogP contribution in [0.1, 0.15) is 47.3 Å². The van der Waals surface area contributed by atoms with Crippen LogP contribution in [0.5, 0.6) is 0 Å². The number of hydrogen-bond acceptors (Lipinski definition) is 6. The highest BCUT2D eigenvalue weighted by Crippen LogP contribution is 2.47. The van der Waals surface area contributed by atoms with Crippen LogP contribution in [0.4, 0.5) is 28.9 Å². The highest BCUT2D eigenvalue weighted by molar-refractivity contribution is 7.89. The molecule has 0 spiro atoms. The van der Waals surface area contributed by atoms with Crippen LogP contribution in [0, 0.1) is 5.82 Å². The minimum atomic E-state index is -5.65. The van der Waals surface area contributed by atoms with Gasteiger partial charge in [0.1, 0.15) is 11.6 Å². The summed E-state index contributed by atoms with van der Waals surface area (Å²) >= 11 is 0. The molecule has 1 saturated carbocycles. The Hall–Kier alpha value is -3.25. The molecule has 7 nitrogen and oxygen atoms in total. The maximum Gasteiger partial charge on any atom is 0.511 e. The average molecular weight is 522 g/mol. The second-order valence-electron chi connectivity index (χ2n) is 8.99. The first-order chi connectivity index (χ1) is 17.0. The first-order valence-corrected chi connectivity index (χ1v) is 12.8. The van der Waals surface area contributed by atoms with Crippen molar-refractivity contribution in [1.82, 2.24) is 14.3 Å². The van der Waals surface area contributed by atoms with Gasteiger partial charge in [0.15, 0.2) is 0 Å². The molecule has 12 heteroatoms. The molecule has 2 N–H and O–H groups in total. The highest BCUT2D eigenvalue weighted by Gasteiger charge is 2.52. The van der Waals surface area contributed by atoms with Crippen LogP contribution in [0.3, 0.4) is 0 Å². The molecule has 1 fully saturated rings. The summed E-state index contributed by atoms with van der Waals surface area (Å²) in [6, 6.07) is 9.84. The molecule has 2 aromatic carbocycles. The van der Waals surface area contributed by atoms with Crippen molar-refractivity contribution in [2.45, 2.75) is 43.4 Å². The van der Waals surface area contributed by atoms with Crippen molar-refractivity contribution in [2.75, 3.05) is 17.2 Å². The number of rotatable bonds is 5. The number of hydrogen-bond donors (Lipinski definition) is 1. The van der Waals surface area contributed by atoms with E-state index in [9.17, 15) is 26.0 Å². The molecule has 1 aromatic heterocycles. The Labute approximate surface area is 205 Å². The predicted octanol–water partition coefficient (Wildman–Crippen LogP) is 4.49. The van der Waals surface area contributed by atoms with Gasteiger partial charge in [0.05, 0.1) is 30.7 Å². The molecule has 2 heterocycles. The van der Waals surface area contributed by atoms with E-state index < -0.39 is 40.5 Å². The molecule has 3 aromatic rings. The summed E-state index contributed by atoms with van der Waals surface area (Å²) in [6.45, 7) is -0.856. The van der Waals surface area contributed by atoms with Crippen LogP contribution in [0.2, 0.25) is 0 Å². The van der Waals surface area contributed by atoms with Crippen molar-refractivity contribution in [3.05, 3.63) is 83.2 Å². The number of nitrogens with two attached hydrogens (primary N) is 1. The van der Waals surface area contributed by atoms with E-state index in [0.717, 1.165) is 18.4 Å². The maximum absolute atomic E-state index is 13.7. The maximum atomic E-state index is 13.7. The normalized spacial score (nSPS) is 19.1. The summed E-state index contributed by atoms with van der Waals surface area (Å²) in [6.07, 6.45) is 4.61. The topological polar surface area (TPSA) is 92.4 Å². The van der Waals surface area contributed by atoms with Gasteiger partial charge >= 0.3 is 15.5 Å². The lowest BCUT2D eigenvalue weighted by Gasteiger charge is -2.34. The van der Waals surface area contributed by atoms with Crippen molar-refractivity contribution in [3.8, 4) is 0 Å². The van der Waals surface area contributed by atoms with E-state index in [1.165, 1.54) is 36.7 Å². The zero-order valence-electron chi connectivity index (χ0n) is 19.0. The van der Waals surface area contributed by atoms with E-state index in [4.69, 9.17) is 5.73 Å². The quantitative estimate of drug-likeness (QED) is 0.498. The standard InChI is InChI=1S/C24H23F4N5O2S/c25-17-8-6-16(7-9-17)22-13-32(36(34,35)24(26,27)28)12-20-19(15-4-5-15)2-1-3-21(20)33(22)14-23-30-10-18(29)11-31-23/h1-3,6-11,15,22H,4-5,12-14,29H2. The van der Waals surface area contributed by atoms with Crippen LogP contribution >= 0.6 is 0 Å². The molecule has 190 valence electrons. The van der Waals surface area contributed by atoms with Gasteiger partial charge in [-0.25, -0.2) is 22.8 Å². The highest BCUT2D eigenvalue weighted by atomic mass is 32.2. The Kier molecular flexibility index (Phi) is 6.11. The molecule has 1 atom stereocenters. The Balaban J connectivity index is 1.70. The van der Waals surface area contributed by atoms with Crippen LogP contribution < -0.4 is 10.6 Å². The number of nitrogen functional groups attached to an aromatic ring is 1. The third-order valence-corrected chi connectivity index (χ3v) is 8.07. The van der Waals surface area contributed by atoms with Gasteiger partial charge in [-0.2, -0.15) is 17.5 Å². The summed E-state index contributed by atoms with van der Waals surface area (Å²) < 4.78 is 80.8. The van der Waals surface area contributed by atoms with E-state index in [1.807, 2.05) is 12.1 Å². The van der Waals surface area contributed by atoms with Crippen LogP contribution in [0.15, 0.2) is 54.9 Å². The first-order valence-electron chi connectivity index (χ1n) is 11.3. The Morgan fingerprint density at radius 2 is 1.69 bits per heavy atom. The molecular formula is C24H23F4N5O2S. The Morgan fingerprint density at radius 3 is 2.31 bits per heavy atom. The van der Waals surface area contributed by atoms with E-state index in [2.05, 4.69) is 9.97 Å². The monoisotopic (exact) mass is 521 g/mol. The molecule has 2 aliphatic rings. The van der Waals surface area contributed by atoms with Gasteiger partial charge < -0.3 is 10.6 Å². The lowest BCUT2D eigenvalue weighted by atomic mass is 9.99. The minimum Gasteiger partial charge on any atom is -0.396 e. The fourth-order valence-corrected chi connectivity index (χ4v) is 5.53. The molecule has 1 aliphatic carbocycles.